The van der Waals surface area contributed by atoms with Gasteiger partial charge in [-0.3, -0.25) is 0 Å². The van der Waals surface area contributed by atoms with Crippen LogP contribution in [0.5, 0.6) is 11.5 Å². The maximum absolute atomic E-state index is 5.99. The molecule has 0 spiro atoms. The molecule has 0 aliphatic carbocycles. The number of rotatable bonds is 5. The zero-order valence-corrected chi connectivity index (χ0v) is 11.1. The molecule has 1 fully saturated rings. The summed E-state index contributed by atoms with van der Waals surface area (Å²) in [7, 11) is 3.59. The molecule has 1 aliphatic rings. The summed E-state index contributed by atoms with van der Waals surface area (Å²) in [5.41, 5.74) is 1.19. The first-order valence-corrected chi connectivity index (χ1v) is 6.39. The van der Waals surface area contributed by atoms with Gasteiger partial charge in [0.1, 0.15) is 6.10 Å². The van der Waals surface area contributed by atoms with Gasteiger partial charge in [0.15, 0.2) is 11.5 Å². The molecule has 1 heterocycles. The van der Waals surface area contributed by atoms with E-state index < -0.39 is 0 Å². The van der Waals surface area contributed by atoms with Gasteiger partial charge < -0.3 is 19.5 Å². The van der Waals surface area contributed by atoms with Gasteiger partial charge >= 0.3 is 0 Å². The number of benzene rings is 1. The predicted molar refractivity (Wildman–Crippen MR) is 70.2 cm³/mol. The molecule has 0 radical (unpaired) electrons. The van der Waals surface area contributed by atoms with Crippen molar-refractivity contribution in [3.8, 4) is 11.5 Å². The molecule has 4 nitrogen and oxygen atoms in total. The van der Waals surface area contributed by atoms with E-state index in [0.717, 1.165) is 37.5 Å². The lowest BCUT2D eigenvalue weighted by Gasteiger charge is -2.24. The number of hydrogen-bond acceptors (Lipinski definition) is 4. The molecule has 1 aromatic rings. The van der Waals surface area contributed by atoms with Gasteiger partial charge in [0, 0.05) is 13.2 Å². The van der Waals surface area contributed by atoms with Crippen molar-refractivity contribution in [2.45, 2.75) is 25.5 Å². The summed E-state index contributed by atoms with van der Waals surface area (Å²) in [6.07, 6.45) is 2.24. The molecule has 0 aromatic heterocycles. The van der Waals surface area contributed by atoms with E-state index in [1.165, 1.54) is 5.56 Å². The van der Waals surface area contributed by atoms with Crippen molar-refractivity contribution in [3.05, 3.63) is 23.8 Å². The third-order valence-corrected chi connectivity index (χ3v) is 3.02. The second-order valence-corrected chi connectivity index (χ2v) is 4.47. The first-order valence-electron chi connectivity index (χ1n) is 6.39. The smallest absolute Gasteiger partial charge is 0.162 e. The molecule has 1 saturated heterocycles. The van der Waals surface area contributed by atoms with Crippen molar-refractivity contribution in [3.63, 3.8) is 0 Å². The second-order valence-electron chi connectivity index (χ2n) is 4.47. The summed E-state index contributed by atoms with van der Waals surface area (Å²) in [6.45, 7) is 2.33. The molecule has 0 saturated carbocycles. The number of ether oxygens (including phenoxy) is 3. The van der Waals surface area contributed by atoms with E-state index in [9.17, 15) is 0 Å². The van der Waals surface area contributed by atoms with Gasteiger partial charge in [-0.05, 0) is 37.6 Å². The summed E-state index contributed by atoms with van der Waals surface area (Å²) >= 11 is 0. The van der Waals surface area contributed by atoms with Crippen molar-refractivity contribution in [2.24, 2.45) is 0 Å². The number of hydrogen-bond donors (Lipinski definition) is 1. The standard InChI is InChI=1S/C14H21NO3/c1-15-9-11-5-6-13(16-2)14(8-11)18-12-4-3-7-17-10-12/h5-6,8,12,15H,3-4,7,9-10H2,1-2H3. The minimum atomic E-state index is 0.137. The van der Waals surface area contributed by atoms with E-state index in [1.54, 1.807) is 7.11 Å². The Morgan fingerprint density at radius 3 is 2.94 bits per heavy atom. The average Bonchev–Trinajstić information content (AvgIpc) is 2.41. The van der Waals surface area contributed by atoms with Gasteiger partial charge in [0.2, 0.25) is 0 Å². The highest BCUT2D eigenvalue weighted by molar-refractivity contribution is 5.43. The lowest BCUT2D eigenvalue weighted by molar-refractivity contribution is 0.00641. The maximum atomic E-state index is 5.99. The SMILES string of the molecule is CNCc1ccc(OC)c(OC2CCCOC2)c1. The van der Waals surface area contributed by atoms with E-state index in [0.29, 0.717) is 6.61 Å². The first kappa shape index (κ1) is 13.2. The van der Waals surface area contributed by atoms with Crippen LogP contribution in [0.1, 0.15) is 18.4 Å². The van der Waals surface area contributed by atoms with Gasteiger partial charge in [-0.15, -0.1) is 0 Å². The molecule has 100 valence electrons. The monoisotopic (exact) mass is 251 g/mol. The second kappa shape index (κ2) is 6.61. The third kappa shape index (κ3) is 3.37. The Bertz CT molecular complexity index is 375. The Morgan fingerprint density at radius 2 is 2.28 bits per heavy atom. The molecular weight excluding hydrogens is 230 g/mol. The Morgan fingerprint density at radius 1 is 1.39 bits per heavy atom. The van der Waals surface area contributed by atoms with E-state index in [4.69, 9.17) is 14.2 Å². The van der Waals surface area contributed by atoms with Crippen molar-refractivity contribution < 1.29 is 14.2 Å². The summed E-state index contributed by atoms with van der Waals surface area (Å²) in [5.74, 6) is 1.58. The van der Waals surface area contributed by atoms with Crippen LogP contribution in [0.4, 0.5) is 0 Å². The Hall–Kier alpha value is -1.26. The quantitative estimate of drug-likeness (QED) is 0.868. The molecule has 1 atom stereocenters. The van der Waals surface area contributed by atoms with Crippen LogP contribution in [-0.4, -0.2) is 33.5 Å². The largest absolute Gasteiger partial charge is 0.493 e. The zero-order valence-electron chi connectivity index (χ0n) is 11.1. The van der Waals surface area contributed by atoms with Gasteiger partial charge in [0.05, 0.1) is 13.7 Å². The van der Waals surface area contributed by atoms with Crippen LogP contribution in [-0.2, 0) is 11.3 Å². The summed E-state index contributed by atoms with van der Waals surface area (Å²) in [6, 6.07) is 6.02. The number of nitrogens with one attached hydrogen (secondary N) is 1. The van der Waals surface area contributed by atoms with E-state index >= 15 is 0 Å². The normalized spacial score (nSPS) is 19.6. The highest BCUT2D eigenvalue weighted by Crippen LogP contribution is 2.30. The summed E-state index contributed by atoms with van der Waals surface area (Å²) < 4.78 is 16.7. The van der Waals surface area contributed by atoms with Crippen LogP contribution in [0.2, 0.25) is 0 Å². The zero-order chi connectivity index (χ0) is 12.8. The van der Waals surface area contributed by atoms with Crippen LogP contribution >= 0.6 is 0 Å². The summed E-state index contributed by atoms with van der Waals surface area (Å²) in [4.78, 5) is 0. The fourth-order valence-electron chi connectivity index (χ4n) is 2.11. The fraction of sp³-hybridized carbons (Fsp3) is 0.571. The van der Waals surface area contributed by atoms with E-state index in [-0.39, 0.29) is 6.10 Å². The predicted octanol–water partition coefficient (Wildman–Crippen LogP) is 1.97. The van der Waals surface area contributed by atoms with Gasteiger partial charge in [0.25, 0.3) is 0 Å². The Kier molecular flexibility index (Phi) is 4.84. The Balaban J connectivity index is 2.09. The lowest BCUT2D eigenvalue weighted by atomic mass is 10.1. The molecule has 1 unspecified atom stereocenters. The minimum absolute atomic E-state index is 0.137. The van der Waals surface area contributed by atoms with Crippen molar-refractivity contribution >= 4 is 0 Å². The summed E-state index contributed by atoms with van der Waals surface area (Å²) in [5, 5.41) is 3.13. The third-order valence-electron chi connectivity index (χ3n) is 3.02. The molecule has 1 N–H and O–H groups in total. The van der Waals surface area contributed by atoms with Crippen molar-refractivity contribution in [1.82, 2.24) is 5.32 Å². The van der Waals surface area contributed by atoms with Gasteiger partial charge in [-0.25, -0.2) is 0 Å². The van der Waals surface area contributed by atoms with Crippen LogP contribution in [0.3, 0.4) is 0 Å². The first-order chi connectivity index (χ1) is 8.83. The van der Waals surface area contributed by atoms with Crippen LogP contribution in [0, 0.1) is 0 Å². The minimum Gasteiger partial charge on any atom is -0.493 e. The molecule has 4 heteroatoms. The molecular formula is C14H21NO3. The highest BCUT2D eigenvalue weighted by Gasteiger charge is 2.17. The van der Waals surface area contributed by atoms with Crippen LogP contribution in [0.15, 0.2) is 18.2 Å². The molecule has 1 aliphatic heterocycles. The van der Waals surface area contributed by atoms with E-state index in [1.807, 2.05) is 25.2 Å². The molecule has 1 aromatic carbocycles. The molecule has 18 heavy (non-hydrogen) atoms. The van der Waals surface area contributed by atoms with Gasteiger partial charge in [-0.2, -0.15) is 0 Å². The fourth-order valence-corrected chi connectivity index (χ4v) is 2.11. The van der Waals surface area contributed by atoms with Crippen molar-refractivity contribution in [2.75, 3.05) is 27.4 Å². The molecule has 0 amide bonds. The highest BCUT2D eigenvalue weighted by atomic mass is 16.5. The van der Waals surface area contributed by atoms with Crippen molar-refractivity contribution in [1.29, 1.82) is 0 Å². The van der Waals surface area contributed by atoms with Gasteiger partial charge in [-0.1, -0.05) is 6.07 Å². The topological polar surface area (TPSA) is 39.7 Å². The van der Waals surface area contributed by atoms with Crippen LogP contribution in [0.25, 0.3) is 0 Å². The molecule has 2 rings (SSSR count). The molecule has 0 bridgehead atoms. The maximum Gasteiger partial charge on any atom is 0.162 e. The van der Waals surface area contributed by atoms with E-state index in [2.05, 4.69) is 5.32 Å². The number of methoxy groups -OCH3 is 1. The lowest BCUT2D eigenvalue weighted by Crippen LogP contribution is -2.28. The Labute approximate surface area is 108 Å². The average molecular weight is 251 g/mol. The van der Waals surface area contributed by atoms with Crippen LogP contribution < -0.4 is 14.8 Å².